The number of hydrogen-bond acceptors (Lipinski definition) is 3. The van der Waals surface area contributed by atoms with E-state index in [0.717, 1.165) is 5.56 Å². The van der Waals surface area contributed by atoms with E-state index in [2.05, 4.69) is 12.1 Å². The number of hydrogen-bond donors (Lipinski definition) is 1. The van der Waals surface area contributed by atoms with Gasteiger partial charge < -0.3 is 10.5 Å². The summed E-state index contributed by atoms with van der Waals surface area (Å²) >= 11 is 0. The summed E-state index contributed by atoms with van der Waals surface area (Å²) in [6.07, 6.45) is 3.89. The molecule has 0 bridgehead atoms. The summed E-state index contributed by atoms with van der Waals surface area (Å²) in [6.45, 7) is 2.81. The molecule has 0 amide bonds. The Bertz CT molecular complexity index is 478. The average molecular weight is 259 g/mol. The molecule has 3 heteroatoms. The molecule has 1 aliphatic heterocycles. The van der Waals surface area contributed by atoms with Crippen molar-refractivity contribution in [2.75, 3.05) is 13.2 Å². The summed E-state index contributed by atoms with van der Waals surface area (Å²) in [5, 5.41) is 0. The second-order valence-electron chi connectivity index (χ2n) is 6.12. The van der Waals surface area contributed by atoms with Crippen molar-refractivity contribution in [1.29, 1.82) is 0 Å². The first kappa shape index (κ1) is 12.8. The minimum Gasteiger partial charge on any atom is -0.379 e. The van der Waals surface area contributed by atoms with Crippen LogP contribution in [0.15, 0.2) is 24.3 Å². The molecule has 1 heterocycles. The molecule has 0 radical (unpaired) electrons. The predicted octanol–water partition coefficient (Wildman–Crippen LogP) is 2.50. The molecule has 0 aromatic heterocycles. The first-order valence-corrected chi connectivity index (χ1v) is 7.09. The standard InChI is InChI=1S/C16H21NO2/c1-16(10-19-9-14(16)17)15(18)13-7-5-12(6-8-13)11-3-2-4-11/h5-8,11,14H,2-4,9-10,17H2,1H3. The Morgan fingerprint density at radius 3 is 2.47 bits per heavy atom. The Kier molecular flexibility index (Phi) is 3.19. The van der Waals surface area contributed by atoms with Gasteiger partial charge in [-0.15, -0.1) is 0 Å². The van der Waals surface area contributed by atoms with E-state index in [9.17, 15) is 4.79 Å². The fourth-order valence-corrected chi connectivity index (χ4v) is 2.90. The molecule has 19 heavy (non-hydrogen) atoms. The molecule has 1 saturated carbocycles. The van der Waals surface area contributed by atoms with Gasteiger partial charge in [-0.3, -0.25) is 4.79 Å². The normalized spacial score (nSPS) is 31.2. The van der Waals surface area contributed by atoms with Crippen LogP contribution < -0.4 is 5.73 Å². The largest absolute Gasteiger partial charge is 0.379 e. The molecule has 0 spiro atoms. The second kappa shape index (κ2) is 4.73. The summed E-state index contributed by atoms with van der Waals surface area (Å²) in [6, 6.07) is 7.90. The number of Topliss-reactive ketones (excluding diaryl/α,β-unsaturated/α-hetero) is 1. The van der Waals surface area contributed by atoms with Crippen LogP contribution in [-0.2, 0) is 4.74 Å². The Hall–Kier alpha value is -1.19. The zero-order chi connectivity index (χ0) is 13.5. The SMILES string of the molecule is CC1(C(=O)c2ccc(C3CCC3)cc2)COCC1N. The van der Waals surface area contributed by atoms with Crippen LogP contribution in [0.4, 0.5) is 0 Å². The molecule has 2 aliphatic rings. The summed E-state index contributed by atoms with van der Waals surface area (Å²) in [7, 11) is 0. The van der Waals surface area contributed by atoms with Crippen molar-refractivity contribution in [3.63, 3.8) is 0 Å². The van der Waals surface area contributed by atoms with Crippen molar-refractivity contribution in [1.82, 2.24) is 0 Å². The first-order valence-electron chi connectivity index (χ1n) is 7.09. The molecule has 102 valence electrons. The summed E-state index contributed by atoms with van der Waals surface area (Å²) in [5.41, 5.74) is 7.56. The minimum absolute atomic E-state index is 0.109. The quantitative estimate of drug-likeness (QED) is 0.848. The van der Waals surface area contributed by atoms with Crippen LogP contribution in [0.2, 0.25) is 0 Å². The van der Waals surface area contributed by atoms with E-state index < -0.39 is 5.41 Å². The first-order chi connectivity index (χ1) is 9.11. The van der Waals surface area contributed by atoms with E-state index >= 15 is 0 Å². The van der Waals surface area contributed by atoms with Crippen molar-refractivity contribution < 1.29 is 9.53 Å². The highest BCUT2D eigenvalue weighted by molar-refractivity contribution is 6.01. The number of rotatable bonds is 3. The molecule has 1 saturated heterocycles. The molecule has 1 aromatic carbocycles. The van der Waals surface area contributed by atoms with Crippen molar-refractivity contribution in [3.8, 4) is 0 Å². The molecule has 2 N–H and O–H groups in total. The van der Waals surface area contributed by atoms with Crippen LogP contribution in [0.3, 0.4) is 0 Å². The molecule has 3 nitrogen and oxygen atoms in total. The van der Waals surface area contributed by atoms with Crippen LogP contribution in [-0.4, -0.2) is 25.0 Å². The van der Waals surface area contributed by atoms with Crippen LogP contribution in [0.5, 0.6) is 0 Å². The second-order valence-corrected chi connectivity index (χ2v) is 6.12. The van der Waals surface area contributed by atoms with Gasteiger partial charge in [0, 0.05) is 11.6 Å². The maximum Gasteiger partial charge on any atom is 0.172 e. The lowest BCUT2D eigenvalue weighted by atomic mass is 9.77. The monoisotopic (exact) mass is 259 g/mol. The van der Waals surface area contributed by atoms with Crippen molar-refractivity contribution in [3.05, 3.63) is 35.4 Å². The van der Waals surface area contributed by atoms with Gasteiger partial charge in [-0.1, -0.05) is 30.7 Å². The lowest BCUT2D eigenvalue weighted by Crippen LogP contribution is -2.44. The van der Waals surface area contributed by atoms with Gasteiger partial charge in [-0.05, 0) is 31.2 Å². The molecule has 1 aromatic rings. The van der Waals surface area contributed by atoms with E-state index in [4.69, 9.17) is 10.5 Å². The summed E-state index contributed by atoms with van der Waals surface area (Å²) in [5.74, 6) is 0.814. The minimum atomic E-state index is -0.571. The van der Waals surface area contributed by atoms with Gasteiger partial charge in [0.25, 0.3) is 0 Å². The molecule has 1 aliphatic carbocycles. The third kappa shape index (κ3) is 2.11. The van der Waals surface area contributed by atoms with E-state index in [1.54, 1.807) is 0 Å². The van der Waals surface area contributed by atoms with E-state index in [1.807, 2.05) is 19.1 Å². The van der Waals surface area contributed by atoms with E-state index in [0.29, 0.717) is 19.1 Å². The lowest BCUT2D eigenvalue weighted by molar-refractivity contribution is 0.0767. The van der Waals surface area contributed by atoms with Crippen LogP contribution in [0.1, 0.15) is 48.0 Å². The molecule has 2 unspecified atom stereocenters. The lowest BCUT2D eigenvalue weighted by Gasteiger charge is -2.27. The van der Waals surface area contributed by atoms with Gasteiger partial charge in [-0.25, -0.2) is 0 Å². The zero-order valence-electron chi connectivity index (χ0n) is 11.4. The number of ketones is 1. The van der Waals surface area contributed by atoms with Crippen LogP contribution in [0, 0.1) is 5.41 Å². The van der Waals surface area contributed by atoms with Gasteiger partial charge in [0.05, 0.1) is 18.6 Å². The van der Waals surface area contributed by atoms with Crippen molar-refractivity contribution >= 4 is 5.78 Å². The topological polar surface area (TPSA) is 52.3 Å². The van der Waals surface area contributed by atoms with E-state index in [-0.39, 0.29) is 11.8 Å². The number of carbonyl (C=O) groups excluding carboxylic acids is 1. The fourth-order valence-electron chi connectivity index (χ4n) is 2.90. The average Bonchev–Trinajstić information content (AvgIpc) is 2.69. The predicted molar refractivity (Wildman–Crippen MR) is 74.3 cm³/mol. The van der Waals surface area contributed by atoms with Gasteiger partial charge in [-0.2, -0.15) is 0 Å². The van der Waals surface area contributed by atoms with Gasteiger partial charge in [0.1, 0.15) is 0 Å². The fraction of sp³-hybridized carbons (Fsp3) is 0.562. The molecular formula is C16H21NO2. The third-order valence-corrected chi connectivity index (χ3v) is 4.79. The van der Waals surface area contributed by atoms with Crippen LogP contribution >= 0.6 is 0 Å². The number of ether oxygens (including phenoxy) is 1. The Balaban J connectivity index is 1.80. The number of benzene rings is 1. The summed E-state index contributed by atoms with van der Waals surface area (Å²) < 4.78 is 5.36. The van der Waals surface area contributed by atoms with Crippen LogP contribution in [0.25, 0.3) is 0 Å². The molecule has 2 fully saturated rings. The van der Waals surface area contributed by atoms with Gasteiger partial charge >= 0.3 is 0 Å². The highest BCUT2D eigenvalue weighted by Gasteiger charge is 2.44. The Morgan fingerprint density at radius 2 is 2.00 bits per heavy atom. The highest BCUT2D eigenvalue weighted by Crippen LogP contribution is 2.37. The Morgan fingerprint density at radius 1 is 1.32 bits per heavy atom. The molecular weight excluding hydrogens is 238 g/mol. The van der Waals surface area contributed by atoms with E-state index in [1.165, 1.54) is 24.8 Å². The van der Waals surface area contributed by atoms with Crippen molar-refractivity contribution in [2.45, 2.75) is 38.1 Å². The van der Waals surface area contributed by atoms with Crippen molar-refractivity contribution in [2.24, 2.45) is 11.1 Å². The molecule has 2 atom stereocenters. The number of carbonyl (C=O) groups is 1. The van der Waals surface area contributed by atoms with Gasteiger partial charge in [0.15, 0.2) is 5.78 Å². The zero-order valence-corrected chi connectivity index (χ0v) is 11.4. The smallest absolute Gasteiger partial charge is 0.172 e. The maximum atomic E-state index is 12.6. The number of nitrogens with two attached hydrogens (primary N) is 1. The third-order valence-electron chi connectivity index (χ3n) is 4.79. The highest BCUT2D eigenvalue weighted by atomic mass is 16.5. The summed E-state index contributed by atoms with van der Waals surface area (Å²) in [4.78, 5) is 12.6. The van der Waals surface area contributed by atoms with Gasteiger partial charge in [0.2, 0.25) is 0 Å². The Labute approximate surface area is 114 Å². The maximum absolute atomic E-state index is 12.6. The molecule has 3 rings (SSSR count).